The summed E-state index contributed by atoms with van der Waals surface area (Å²) >= 11 is 0. The zero-order chi connectivity index (χ0) is 4.00. The van der Waals surface area contributed by atoms with E-state index >= 15 is 0 Å². The van der Waals surface area contributed by atoms with Crippen LogP contribution >= 0.6 is 59.4 Å². The van der Waals surface area contributed by atoms with E-state index in [4.69, 9.17) is 20.4 Å². The molecule has 12 N–H and O–H groups in total. The highest BCUT2D eigenvalue weighted by molar-refractivity contribution is 6.93. The van der Waals surface area contributed by atoms with Crippen LogP contribution in [-0.4, -0.2) is 26.9 Å². The molecule has 106 valence electrons. The molecule has 0 aliphatic rings. The van der Waals surface area contributed by atoms with Crippen LogP contribution in [0.25, 0.3) is 0 Å². The molecule has 0 aromatic rings. The fraction of sp³-hybridized carbons (Fsp3) is 0. The Hall–Kier alpha value is 1.94. The van der Waals surface area contributed by atoms with E-state index in [1.807, 2.05) is 0 Å². The summed E-state index contributed by atoms with van der Waals surface area (Å²) in [5.74, 6) is 0. The molecular formula is H30NO7P6+. The predicted octanol–water partition coefficient (Wildman–Crippen LogP) is -1.66. The normalized spacial score (nSPS) is 0.714. The number of hydrogen-bond donors (Lipinski definition) is 3. The topological polar surface area (TPSA) is 206 Å². The molecule has 8 nitrogen and oxygen atoms in total. The van der Waals surface area contributed by atoms with Crippen molar-refractivity contribution >= 4 is 59.4 Å². The molecule has 0 aromatic heterocycles. The standard InChI is InChI=1S/H3N.H2O2.O2.3H2O.6H3P/c;2*1-2;;;;;;;;;/h1H3;1-2H;;3*1H2;6*1H3/p+1. The van der Waals surface area contributed by atoms with Gasteiger partial charge in [0, 0.05) is 9.93 Å². The van der Waals surface area contributed by atoms with Crippen LogP contribution in [0.3, 0.4) is 0 Å². The lowest BCUT2D eigenvalue weighted by molar-refractivity contribution is -0.176. The fourth-order valence-electron chi connectivity index (χ4n) is 0. The summed E-state index contributed by atoms with van der Waals surface area (Å²) < 4.78 is 0. The Morgan fingerprint density at radius 3 is 0.500 bits per heavy atom. The van der Waals surface area contributed by atoms with Crippen LogP contribution in [0.1, 0.15) is 0 Å². The van der Waals surface area contributed by atoms with Crippen LogP contribution < -0.4 is 6.15 Å². The Bertz CT molecular complexity index is 18.1. The SMILES string of the molecule is O.O.O.O=O.OO.P.P.P.P.P.P.[NH4+]. The van der Waals surface area contributed by atoms with Gasteiger partial charge in [0.2, 0.25) is 0 Å². The summed E-state index contributed by atoms with van der Waals surface area (Å²) in [6, 6.07) is 0. The van der Waals surface area contributed by atoms with Crippen molar-refractivity contribution in [2.45, 2.75) is 0 Å². The molecule has 0 amide bonds. The molecule has 6 unspecified atom stereocenters. The fourth-order valence-corrected chi connectivity index (χ4v) is 0. The average molecular weight is 342 g/mol. The highest BCUT2D eigenvalue weighted by Crippen LogP contribution is 0.866. The molecule has 0 rings (SSSR count). The Morgan fingerprint density at radius 1 is 0.500 bits per heavy atom. The Morgan fingerprint density at radius 2 is 0.500 bits per heavy atom. The molecule has 14 heavy (non-hydrogen) atoms. The molecule has 6 atom stereocenters. The van der Waals surface area contributed by atoms with Crippen molar-refractivity contribution in [3.05, 3.63) is 9.93 Å². The third kappa shape index (κ3) is 620. The highest BCUT2D eigenvalue weighted by Gasteiger charge is 0.746. The van der Waals surface area contributed by atoms with Gasteiger partial charge in [-0.25, -0.2) is 0 Å². The van der Waals surface area contributed by atoms with Crippen molar-refractivity contribution < 1.29 is 26.9 Å². The second kappa shape index (κ2) is 771. The molecule has 0 aliphatic heterocycles. The summed E-state index contributed by atoms with van der Waals surface area (Å²) in [6.45, 7) is 0. The van der Waals surface area contributed by atoms with Crippen LogP contribution in [0.2, 0.25) is 0 Å². The van der Waals surface area contributed by atoms with Gasteiger partial charge in [-0.2, -0.15) is 59.4 Å². The van der Waals surface area contributed by atoms with Gasteiger partial charge in [0.1, 0.15) is 0 Å². The molecular weight excluding hydrogens is 312 g/mol. The van der Waals surface area contributed by atoms with Crippen LogP contribution in [0.4, 0.5) is 0 Å². The first-order valence-corrected chi connectivity index (χ1v) is 0.367. The lowest BCUT2D eigenvalue weighted by Crippen LogP contribution is -1.29. The summed E-state index contributed by atoms with van der Waals surface area (Å²) in [6.07, 6.45) is 0. The van der Waals surface area contributed by atoms with Crippen molar-refractivity contribution in [1.82, 2.24) is 6.15 Å². The van der Waals surface area contributed by atoms with Crippen LogP contribution in [-0.2, 0) is 0 Å². The van der Waals surface area contributed by atoms with E-state index in [0.717, 1.165) is 0 Å². The third-order valence-electron chi connectivity index (χ3n) is 0. The zero-order valence-electron chi connectivity index (χ0n) is 8.45. The molecule has 0 spiro atoms. The van der Waals surface area contributed by atoms with Gasteiger partial charge in [-0.15, -0.1) is 0 Å². The first-order chi connectivity index (χ1) is 2.00. The van der Waals surface area contributed by atoms with Crippen molar-refractivity contribution in [2.75, 3.05) is 0 Å². The zero-order valence-corrected chi connectivity index (χ0v) is 16.9. The van der Waals surface area contributed by atoms with E-state index in [1.165, 1.54) is 0 Å². The minimum absolute atomic E-state index is 0. The van der Waals surface area contributed by atoms with E-state index < -0.39 is 0 Å². The van der Waals surface area contributed by atoms with E-state index in [9.17, 15) is 0 Å². The molecule has 0 heterocycles. The minimum atomic E-state index is 0. The largest absolute Gasteiger partial charge is 0.412 e. The van der Waals surface area contributed by atoms with Crippen molar-refractivity contribution in [2.24, 2.45) is 0 Å². The Balaban J connectivity index is -0.000000000333. The van der Waals surface area contributed by atoms with Gasteiger partial charge < -0.3 is 22.6 Å². The quantitative estimate of drug-likeness (QED) is 0.268. The maximum atomic E-state index is 7.00. The van der Waals surface area contributed by atoms with Gasteiger partial charge in [0.05, 0.1) is 0 Å². The van der Waals surface area contributed by atoms with Gasteiger partial charge in [-0.1, -0.05) is 0 Å². The molecule has 14 heteroatoms. The van der Waals surface area contributed by atoms with Crippen molar-refractivity contribution in [3.63, 3.8) is 0 Å². The first-order valence-electron chi connectivity index (χ1n) is 0.367. The van der Waals surface area contributed by atoms with Gasteiger partial charge in [-0.3, -0.25) is 10.5 Å². The number of hydrogen-bond acceptors (Lipinski definition) is 4. The Kier molecular flexibility index (Phi) is 12600. The van der Waals surface area contributed by atoms with Gasteiger partial charge in [0.15, 0.2) is 0 Å². The lowest BCUT2D eigenvalue weighted by atomic mass is 14.0. The molecule has 0 fully saturated rings. The van der Waals surface area contributed by atoms with E-state index in [0.29, 0.717) is 0 Å². The predicted molar refractivity (Wildman–Crippen MR) is 95.4 cm³/mol. The monoisotopic (exact) mass is 342 g/mol. The molecule has 0 saturated heterocycles. The molecule has 0 bridgehead atoms. The summed E-state index contributed by atoms with van der Waals surface area (Å²) in [7, 11) is 0. The molecule has 0 saturated carbocycles. The van der Waals surface area contributed by atoms with Gasteiger partial charge in [-0.05, 0) is 0 Å². The third-order valence-corrected chi connectivity index (χ3v) is 0. The maximum absolute atomic E-state index is 7.00. The first kappa shape index (κ1) is 229. The second-order valence-corrected chi connectivity index (χ2v) is 0. The van der Waals surface area contributed by atoms with Crippen molar-refractivity contribution in [3.8, 4) is 0 Å². The van der Waals surface area contributed by atoms with Gasteiger partial charge >= 0.3 is 0 Å². The number of quaternary nitrogens is 1. The van der Waals surface area contributed by atoms with Crippen LogP contribution in [0, 0.1) is 9.93 Å². The van der Waals surface area contributed by atoms with E-state index in [-0.39, 0.29) is 82.0 Å². The van der Waals surface area contributed by atoms with E-state index in [1.54, 1.807) is 0 Å². The van der Waals surface area contributed by atoms with Gasteiger partial charge in [0.25, 0.3) is 0 Å². The highest BCUT2D eigenvalue weighted by atomic mass is 31.0. The van der Waals surface area contributed by atoms with Crippen LogP contribution in [0.5, 0.6) is 0 Å². The molecule has 0 aromatic carbocycles. The van der Waals surface area contributed by atoms with Crippen LogP contribution in [0.15, 0.2) is 0 Å². The summed E-state index contributed by atoms with van der Waals surface area (Å²) in [4.78, 5) is 14.0. The summed E-state index contributed by atoms with van der Waals surface area (Å²) in [5.41, 5.74) is 0. The average Bonchev–Trinajstić information content (AvgIpc) is 1.50. The maximum Gasteiger partial charge on any atom is 0 e. The van der Waals surface area contributed by atoms with E-state index in [2.05, 4.69) is 0 Å². The Labute approximate surface area is 103 Å². The van der Waals surface area contributed by atoms with Crippen molar-refractivity contribution in [1.29, 1.82) is 0 Å². The second-order valence-electron chi connectivity index (χ2n) is 0. The smallest absolute Gasteiger partial charge is 0 e. The molecule has 0 aliphatic carbocycles. The summed E-state index contributed by atoms with van der Waals surface area (Å²) in [5, 5.41) is 12.0. The molecule has 0 radical (unpaired) electrons. The number of rotatable bonds is 0. The lowest BCUT2D eigenvalue weighted by Gasteiger charge is -1.25. The minimum Gasteiger partial charge on any atom is -0.412 e.